The van der Waals surface area contributed by atoms with Crippen molar-refractivity contribution in [3.63, 3.8) is 0 Å². The summed E-state index contributed by atoms with van der Waals surface area (Å²) in [5.74, 6) is 0.821. The third-order valence-electron chi connectivity index (χ3n) is 6.59. The predicted molar refractivity (Wildman–Crippen MR) is 162 cm³/mol. The Morgan fingerprint density at radius 1 is 0.690 bits per heavy atom. The summed E-state index contributed by atoms with van der Waals surface area (Å²) in [6.07, 6.45) is 0.329. The van der Waals surface area contributed by atoms with Gasteiger partial charge in [-0.3, -0.25) is 9.59 Å². The number of epoxide rings is 2. The molecule has 2 fully saturated rings. The van der Waals surface area contributed by atoms with Crippen molar-refractivity contribution in [1.29, 1.82) is 0 Å². The van der Waals surface area contributed by atoms with Gasteiger partial charge in [0.1, 0.15) is 36.9 Å². The highest BCUT2D eigenvalue weighted by molar-refractivity contribution is 6.07. The summed E-state index contributed by atoms with van der Waals surface area (Å²) >= 11 is 0. The van der Waals surface area contributed by atoms with Crippen LogP contribution >= 0.6 is 0 Å². The number of para-hydroxylation sites is 3. The maximum atomic E-state index is 12.4. The quantitative estimate of drug-likeness (QED) is 0.227. The van der Waals surface area contributed by atoms with Crippen LogP contribution in [0.1, 0.15) is 31.8 Å². The van der Waals surface area contributed by atoms with Gasteiger partial charge in [0.25, 0.3) is 11.8 Å². The lowest BCUT2D eigenvalue weighted by molar-refractivity contribution is 0.101. The van der Waals surface area contributed by atoms with Crippen LogP contribution in [0.15, 0.2) is 97.1 Å². The second-order valence-electron chi connectivity index (χ2n) is 10.1. The highest BCUT2D eigenvalue weighted by Gasteiger charge is 2.25. The monoisotopic (exact) mass is 566 g/mol. The number of carbonyl (C=O) groups excluding carboxylic acids is 2. The van der Waals surface area contributed by atoms with Gasteiger partial charge in [0.15, 0.2) is 0 Å². The fourth-order valence-electron chi connectivity index (χ4n) is 4.08. The van der Waals surface area contributed by atoms with Crippen molar-refractivity contribution in [2.45, 2.75) is 26.1 Å². The van der Waals surface area contributed by atoms with E-state index in [1.54, 1.807) is 24.3 Å². The van der Waals surface area contributed by atoms with E-state index >= 15 is 0 Å². The van der Waals surface area contributed by atoms with Crippen molar-refractivity contribution in [2.24, 2.45) is 0 Å². The van der Waals surface area contributed by atoms with Crippen molar-refractivity contribution >= 4 is 23.2 Å². The fourth-order valence-corrected chi connectivity index (χ4v) is 4.08. The molecule has 216 valence electrons. The minimum Gasteiger partial charge on any atom is -0.490 e. The van der Waals surface area contributed by atoms with Crippen molar-refractivity contribution in [1.82, 2.24) is 0 Å². The Hall–Kier alpha value is -4.66. The Kier molecular flexibility index (Phi) is 9.48. The number of carbonyl (C=O) groups is 2. The predicted octanol–water partition coefficient (Wildman–Crippen LogP) is 6.05. The van der Waals surface area contributed by atoms with Gasteiger partial charge in [0, 0.05) is 11.4 Å². The Balaban J connectivity index is 0.000000168. The Morgan fingerprint density at radius 2 is 1.21 bits per heavy atom. The largest absolute Gasteiger partial charge is 0.490 e. The van der Waals surface area contributed by atoms with Gasteiger partial charge in [0.2, 0.25) is 0 Å². The molecule has 0 aliphatic carbocycles. The summed E-state index contributed by atoms with van der Waals surface area (Å²) in [6, 6.07) is 29.9. The lowest BCUT2D eigenvalue weighted by atomic mass is 10.1. The molecule has 0 spiro atoms. The van der Waals surface area contributed by atoms with Gasteiger partial charge in [-0.05, 0) is 67.4 Å². The molecule has 0 radical (unpaired) electrons. The van der Waals surface area contributed by atoms with E-state index in [2.05, 4.69) is 10.6 Å². The zero-order valence-electron chi connectivity index (χ0n) is 23.7. The number of nitrogens with one attached hydrogen (secondary N) is 2. The minimum absolute atomic E-state index is 0.164. The van der Waals surface area contributed by atoms with Crippen molar-refractivity contribution < 1.29 is 28.5 Å². The molecule has 2 aliphatic rings. The first-order valence-corrected chi connectivity index (χ1v) is 13.9. The van der Waals surface area contributed by atoms with Gasteiger partial charge in [-0.2, -0.15) is 0 Å². The average Bonchev–Trinajstić information content (AvgIpc) is 3.93. The zero-order chi connectivity index (χ0) is 29.3. The summed E-state index contributed by atoms with van der Waals surface area (Å²) in [5, 5.41) is 5.81. The standard InChI is InChI=1S/2C17H17NO3/c1-12-6-2-4-8-15(12)18-17(19)14-7-3-5-9-16(14)21-11-13-10-20-13;1-12-5-4-6-13(9-12)18-17(19)15-7-2-3-8-16(15)21-11-14-10-20-14/h2-9,13H,10-11H2,1H3,(H,18,19);2-9,14H,10-11H2,1H3,(H,18,19). The van der Waals surface area contributed by atoms with E-state index < -0.39 is 0 Å². The molecule has 2 saturated heterocycles. The highest BCUT2D eigenvalue weighted by atomic mass is 16.6. The van der Waals surface area contributed by atoms with Crippen molar-refractivity contribution in [2.75, 3.05) is 37.1 Å². The molecule has 2 amide bonds. The SMILES string of the molecule is Cc1cccc(NC(=O)c2ccccc2OCC2CO2)c1.Cc1ccccc1NC(=O)c1ccccc1OCC1CO1. The number of amides is 2. The van der Waals surface area contributed by atoms with Gasteiger partial charge in [-0.25, -0.2) is 0 Å². The highest BCUT2D eigenvalue weighted by Crippen LogP contribution is 2.24. The van der Waals surface area contributed by atoms with Gasteiger partial charge in [-0.1, -0.05) is 54.6 Å². The number of ether oxygens (including phenoxy) is 4. The first-order valence-electron chi connectivity index (χ1n) is 13.9. The molecule has 4 aromatic rings. The lowest BCUT2D eigenvalue weighted by Crippen LogP contribution is -2.15. The Labute approximate surface area is 245 Å². The van der Waals surface area contributed by atoms with Crippen molar-refractivity contribution in [3.8, 4) is 11.5 Å². The van der Waals surface area contributed by atoms with Gasteiger partial charge in [-0.15, -0.1) is 0 Å². The van der Waals surface area contributed by atoms with Crippen LogP contribution in [0.5, 0.6) is 11.5 Å². The summed E-state index contributed by atoms with van der Waals surface area (Å²) < 4.78 is 21.6. The topological polar surface area (TPSA) is 102 Å². The number of hydrogen-bond acceptors (Lipinski definition) is 6. The molecule has 42 heavy (non-hydrogen) atoms. The lowest BCUT2D eigenvalue weighted by Gasteiger charge is -2.12. The second-order valence-corrected chi connectivity index (χ2v) is 10.1. The summed E-state index contributed by atoms with van der Waals surface area (Å²) in [5.41, 5.74) is 4.77. The van der Waals surface area contributed by atoms with Crippen LogP contribution in [0.25, 0.3) is 0 Å². The molecule has 2 aliphatic heterocycles. The van der Waals surface area contributed by atoms with Crippen LogP contribution in [-0.4, -0.2) is 50.4 Å². The van der Waals surface area contributed by atoms with E-state index in [9.17, 15) is 9.59 Å². The Bertz CT molecular complexity index is 1530. The van der Waals surface area contributed by atoms with E-state index in [-0.39, 0.29) is 24.0 Å². The molecule has 0 aromatic heterocycles. The number of hydrogen-bond donors (Lipinski definition) is 2. The maximum Gasteiger partial charge on any atom is 0.259 e. The van der Waals surface area contributed by atoms with Crippen LogP contribution in [0, 0.1) is 13.8 Å². The number of benzene rings is 4. The molecule has 0 saturated carbocycles. The number of aryl methyl sites for hydroxylation is 2. The molecule has 6 rings (SSSR count). The third-order valence-corrected chi connectivity index (χ3v) is 6.59. The molecule has 2 N–H and O–H groups in total. The van der Waals surface area contributed by atoms with Crippen LogP contribution < -0.4 is 20.1 Å². The fraction of sp³-hybridized carbons (Fsp3) is 0.235. The van der Waals surface area contributed by atoms with E-state index in [1.807, 2.05) is 86.6 Å². The molecule has 4 aromatic carbocycles. The van der Waals surface area contributed by atoms with E-state index in [0.29, 0.717) is 35.8 Å². The summed E-state index contributed by atoms with van der Waals surface area (Å²) in [7, 11) is 0. The van der Waals surface area contributed by atoms with Crippen LogP contribution in [0.2, 0.25) is 0 Å². The van der Waals surface area contributed by atoms with Crippen molar-refractivity contribution in [3.05, 3.63) is 119 Å². The first-order chi connectivity index (χ1) is 20.5. The van der Waals surface area contributed by atoms with Gasteiger partial charge in [0.05, 0.1) is 24.3 Å². The molecule has 2 heterocycles. The second kappa shape index (κ2) is 13.8. The smallest absolute Gasteiger partial charge is 0.259 e. The third kappa shape index (κ3) is 8.42. The average molecular weight is 567 g/mol. The van der Waals surface area contributed by atoms with E-state index in [4.69, 9.17) is 18.9 Å². The van der Waals surface area contributed by atoms with Crippen LogP contribution in [-0.2, 0) is 9.47 Å². The minimum atomic E-state index is -0.173. The first kappa shape index (κ1) is 28.9. The molecular formula is C34H34N2O6. The van der Waals surface area contributed by atoms with Crippen LogP contribution in [0.3, 0.4) is 0 Å². The maximum absolute atomic E-state index is 12.4. The summed E-state index contributed by atoms with van der Waals surface area (Å²) in [4.78, 5) is 24.8. The van der Waals surface area contributed by atoms with Gasteiger partial charge < -0.3 is 29.6 Å². The van der Waals surface area contributed by atoms with E-state index in [0.717, 1.165) is 35.7 Å². The van der Waals surface area contributed by atoms with Crippen LogP contribution in [0.4, 0.5) is 11.4 Å². The molecule has 8 nitrogen and oxygen atoms in total. The Morgan fingerprint density at radius 3 is 1.76 bits per heavy atom. The molecule has 2 unspecified atom stereocenters. The normalized spacial score (nSPS) is 16.3. The molecular weight excluding hydrogens is 532 g/mol. The number of rotatable bonds is 10. The zero-order valence-corrected chi connectivity index (χ0v) is 23.7. The molecule has 2 atom stereocenters. The number of anilines is 2. The van der Waals surface area contributed by atoms with Gasteiger partial charge >= 0.3 is 0 Å². The molecule has 0 bridgehead atoms. The summed E-state index contributed by atoms with van der Waals surface area (Å²) in [6.45, 7) is 6.38. The van der Waals surface area contributed by atoms with E-state index in [1.165, 1.54) is 0 Å². The molecule has 8 heteroatoms.